The Hall–Kier alpha value is -1.06. The molecular weight excluding hydrogens is 264 g/mol. The zero-order valence-electron chi connectivity index (χ0n) is 13.4. The average Bonchev–Trinajstić information content (AvgIpc) is 2.52. The first-order valence-electron chi connectivity index (χ1n) is 8.23. The molecule has 120 valence electrons. The Kier molecular flexibility index (Phi) is 9.11. The normalized spacial score (nSPS) is 15.4. The molecule has 1 aromatic rings. The van der Waals surface area contributed by atoms with E-state index >= 15 is 0 Å². The Balaban J connectivity index is 2.61. The maximum Gasteiger partial charge on any atom is 0.148 e. The van der Waals surface area contributed by atoms with Gasteiger partial charge in [-0.05, 0) is 30.9 Å². The minimum Gasteiger partial charge on any atom is -0.485 e. The number of unbranched alkanes of at least 4 members (excludes halogenated alkanes) is 2. The van der Waals surface area contributed by atoms with Crippen LogP contribution in [0.3, 0.4) is 0 Å². The van der Waals surface area contributed by atoms with Gasteiger partial charge in [-0.3, -0.25) is 0 Å². The molecule has 0 aliphatic carbocycles. The first-order chi connectivity index (χ1) is 10.2. The van der Waals surface area contributed by atoms with Crippen LogP contribution in [-0.2, 0) is 0 Å². The van der Waals surface area contributed by atoms with E-state index in [0.29, 0.717) is 5.75 Å². The highest BCUT2D eigenvalue weighted by atomic mass is 16.5. The summed E-state index contributed by atoms with van der Waals surface area (Å²) in [6, 6.07) is 9.40. The van der Waals surface area contributed by atoms with E-state index in [9.17, 15) is 10.2 Å². The van der Waals surface area contributed by atoms with E-state index in [-0.39, 0.29) is 12.5 Å². The third-order valence-corrected chi connectivity index (χ3v) is 3.91. The standard InChI is InChI=1S/C18H30O3/c1-3-5-7-11-15(10-4-2)18(20)17(14-19)21-16-12-8-6-9-13-16/h6,8-9,12-13,15,17-20H,3-5,7,10-11,14H2,1-2H3. The highest BCUT2D eigenvalue weighted by molar-refractivity contribution is 5.21. The van der Waals surface area contributed by atoms with Crippen molar-refractivity contribution in [2.45, 2.75) is 64.6 Å². The lowest BCUT2D eigenvalue weighted by Crippen LogP contribution is -2.40. The largest absolute Gasteiger partial charge is 0.485 e. The fourth-order valence-corrected chi connectivity index (χ4v) is 2.71. The molecule has 0 heterocycles. The lowest BCUT2D eigenvalue weighted by atomic mass is 9.88. The first kappa shape index (κ1) is 18.0. The summed E-state index contributed by atoms with van der Waals surface area (Å²) in [5.74, 6) is 0.891. The van der Waals surface area contributed by atoms with Gasteiger partial charge in [0.15, 0.2) is 0 Å². The van der Waals surface area contributed by atoms with Crippen LogP contribution >= 0.6 is 0 Å². The molecule has 0 amide bonds. The van der Waals surface area contributed by atoms with E-state index in [1.54, 1.807) is 0 Å². The van der Waals surface area contributed by atoms with Crippen molar-refractivity contribution in [2.75, 3.05) is 6.61 Å². The van der Waals surface area contributed by atoms with Crippen molar-refractivity contribution in [3.05, 3.63) is 30.3 Å². The van der Waals surface area contributed by atoms with E-state index in [1.807, 2.05) is 30.3 Å². The van der Waals surface area contributed by atoms with Gasteiger partial charge in [-0.2, -0.15) is 0 Å². The Morgan fingerprint density at radius 1 is 1.00 bits per heavy atom. The molecule has 21 heavy (non-hydrogen) atoms. The number of benzene rings is 1. The topological polar surface area (TPSA) is 49.7 Å². The number of para-hydroxylation sites is 1. The van der Waals surface area contributed by atoms with Gasteiger partial charge in [0.2, 0.25) is 0 Å². The predicted molar refractivity (Wildman–Crippen MR) is 86.5 cm³/mol. The van der Waals surface area contributed by atoms with Gasteiger partial charge in [-0.15, -0.1) is 0 Å². The Bertz CT molecular complexity index is 353. The van der Waals surface area contributed by atoms with Crippen LogP contribution in [0.25, 0.3) is 0 Å². The molecule has 2 N–H and O–H groups in total. The van der Waals surface area contributed by atoms with Crippen LogP contribution in [0, 0.1) is 5.92 Å². The van der Waals surface area contributed by atoms with Crippen LogP contribution < -0.4 is 4.74 Å². The molecule has 0 fully saturated rings. The molecule has 1 rings (SSSR count). The molecule has 3 atom stereocenters. The number of hydrogen-bond acceptors (Lipinski definition) is 3. The predicted octanol–water partition coefficient (Wildman–Crippen LogP) is 3.78. The van der Waals surface area contributed by atoms with Gasteiger partial charge >= 0.3 is 0 Å². The van der Waals surface area contributed by atoms with Crippen LogP contribution in [0.4, 0.5) is 0 Å². The van der Waals surface area contributed by atoms with Crippen molar-refractivity contribution in [1.29, 1.82) is 0 Å². The van der Waals surface area contributed by atoms with Gasteiger partial charge in [0, 0.05) is 0 Å². The van der Waals surface area contributed by atoms with Crippen LogP contribution in [0.1, 0.15) is 52.4 Å². The van der Waals surface area contributed by atoms with Gasteiger partial charge < -0.3 is 14.9 Å². The minimum absolute atomic E-state index is 0.163. The molecule has 0 saturated carbocycles. The van der Waals surface area contributed by atoms with Crippen molar-refractivity contribution >= 4 is 0 Å². The van der Waals surface area contributed by atoms with Crippen molar-refractivity contribution in [3.63, 3.8) is 0 Å². The maximum atomic E-state index is 10.6. The fraction of sp³-hybridized carbons (Fsp3) is 0.667. The second-order valence-electron chi connectivity index (χ2n) is 5.69. The number of aliphatic hydroxyl groups is 2. The van der Waals surface area contributed by atoms with E-state index < -0.39 is 12.2 Å². The lowest BCUT2D eigenvalue weighted by Gasteiger charge is -2.29. The van der Waals surface area contributed by atoms with Crippen molar-refractivity contribution < 1.29 is 14.9 Å². The number of rotatable bonds is 11. The Morgan fingerprint density at radius 2 is 1.71 bits per heavy atom. The maximum absolute atomic E-state index is 10.6. The summed E-state index contributed by atoms with van der Waals surface area (Å²) in [5.41, 5.74) is 0. The minimum atomic E-state index is -0.619. The molecule has 3 unspecified atom stereocenters. The van der Waals surface area contributed by atoms with Crippen LogP contribution in [0.15, 0.2) is 30.3 Å². The highest BCUT2D eigenvalue weighted by Gasteiger charge is 2.28. The molecule has 0 radical (unpaired) electrons. The van der Waals surface area contributed by atoms with Gasteiger partial charge in [-0.25, -0.2) is 0 Å². The van der Waals surface area contributed by atoms with Gasteiger partial charge in [-0.1, -0.05) is 57.7 Å². The summed E-state index contributed by atoms with van der Waals surface area (Å²) < 4.78 is 5.76. The summed E-state index contributed by atoms with van der Waals surface area (Å²) in [7, 11) is 0. The number of aliphatic hydroxyl groups excluding tert-OH is 2. The number of hydrogen-bond donors (Lipinski definition) is 2. The molecular formula is C18H30O3. The van der Waals surface area contributed by atoms with Crippen LogP contribution in [0.2, 0.25) is 0 Å². The van der Waals surface area contributed by atoms with Gasteiger partial charge in [0.25, 0.3) is 0 Å². The zero-order valence-corrected chi connectivity index (χ0v) is 13.4. The summed E-state index contributed by atoms with van der Waals surface area (Å²) in [4.78, 5) is 0. The monoisotopic (exact) mass is 294 g/mol. The van der Waals surface area contributed by atoms with Crippen molar-refractivity contribution in [3.8, 4) is 5.75 Å². The SMILES string of the molecule is CCCCCC(CCC)C(O)C(CO)Oc1ccccc1. The van der Waals surface area contributed by atoms with Crippen molar-refractivity contribution in [1.82, 2.24) is 0 Å². The second kappa shape index (κ2) is 10.6. The molecule has 0 aliphatic heterocycles. The zero-order chi connectivity index (χ0) is 15.5. The highest BCUT2D eigenvalue weighted by Crippen LogP contribution is 2.24. The van der Waals surface area contributed by atoms with E-state index in [2.05, 4.69) is 13.8 Å². The summed E-state index contributed by atoms with van der Waals surface area (Å²) >= 11 is 0. The molecule has 3 heteroatoms. The van der Waals surface area contributed by atoms with Gasteiger partial charge in [0.1, 0.15) is 11.9 Å². The summed E-state index contributed by atoms with van der Waals surface area (Å²) in [6.07, 6.45) is 5.34. The Morgan fingerprint density at radius 3 is 2.29 bits per heavy atom. The van der Waals surface area contributed by atoms with E-state index in [0.717, 1.165) is 25.7 Å². The molecule has 1 aromatic carbocycles. The Labute approximate surface area is 129 Å². The summed E-state index contributed by atoms with van der Waals surface area (Å²) in [6.45, 7) is 4.15. The molecule has 0 aliphatic rings. The third kappa shape index (κ3) is 6.49. The lowest BCUT2D eigenvalue weighted by molar-refractivity contribution is -0.0337. The molecule has 3 nitrogen and oxygen atoms in total. The average molecular weight is 294 g/mol. The summed E-state index contributed by atoms with van der Waals surface area (Å²) in [5, 5.41) is 20.1. The van der Waals surface area contributed by atoms with E-state index in [4.69, 9.17) is 4.74 Å². The van der Waals surface area contributed by atoms with Crippen LogP contribution in [-0.4, -0.2) is 29.0 Å². The van der Waals surface area contributed by atoms with Crippen LogP contribution in [0.5, 0.6) is 5.75 Å². The molecule has 0 aromatic heterocycles. The quantitative estimate of drug-likeness (QED) is 0.611. The smallest absolute Gasteiger partial charge is 0.148 e. The van der Waals surface area contributed by atoms with Crippen molar-refractivity contribution in [2.24, 2.45) is 5.92 Å². The van der Waals surface area contributed by atoms with E-state index in [1.165, 1.54) is 12.8 Å². The fourth-order valence-electron chi connectivity index (χ4n) is 2.71. The molecule has 0 saturated heterocycles. The first-order valence-corrected chi connectivity index (χ1v) is 8.23. The molecule has 0 bridgehead atoms. The number of ether oxygens (including phenoxy) is 1. The van der Waals surface area contributed by atoms with Gasteiger partial charge in [0.05, 0.1) is 12.7 Å². The second-order valence-corrected chi connectivity index (χ2v) is 5.69. The third-order valence-electron chi connectivity index (χ3n) is 3.91. The molecule has 0 spiro atoms.